The topological polar surface area (TPSA) is 28.4 Å². The molecule has 0 unspecified atom stereocenters. The number of hydrogen-bond donors (Lipinski definition) is 1. The van der Waals surface area contributed by atoms with Crippen molar-refractivity contribution in [2.24, 2.45) is 0 Å². The summed E-state index contributed by atoms with van der Waals surface area (Å²) in [5.74, 6) is 1.03. The van der Waals surface area contributed by atoms with Crippen molar-refractivity contribution in [3.05, 3.63) is 22.6 Å². The summed E-state index contributed by atoms with van der Waals surface area (Å²) in [4.78, 5) is 2.41. The smallest absolute Gasteiger partial charge is 0.118 e. The zero-order valence-corrected chi connectivity index (χ0v) is 9.88. The van der Waals surface area contributed by atoms with Crippen LogP contribution in [0.2, 0.25) is 0 Å². The van der Waals surface area contributed by atoms with E-state index < -0.39 is 0 Å². The van der Waals surface area contributed by atoms with Gasteiger partial charge in [0.1, 0.15) is 12.0 Å². The van der Waals surface area contributed by atoms with E-state index in [1.807, 2.05) is 6.07 Å². The summed E-state index contributed by atoms with van der Waals surface area (Å²) in [6, 6.07) is 2.62. The van der Waals surface area contributed by atoms with Crippen molar-refractivity contribution in [2.45, 2.75) is 19.5 Å². The molecule has 0 spiro atoms. The average Bonchev–Trinajstić information content (AvgIpc) is 2.51. The van der Waals surface area contributed by atoms with Crippen molar-refractivity contribution in [1.29, 1.82) is 0 Å². The van der Waals surface area contributed by atoms with Crippen LogP contribution in [0.25, 0.3) is 0 Å². The van der Waals surface area contributed by atoms with E-state index in [1.54, 1.807) is 6.26 Å². The van der Waals surface area contributed by atoms with Crippen LogP contribution in [-0.2, 0) is 6.54 Å². The van der Waals surface area contributed by atoms with Crippen molar-refractivity contribution >= 4 is 15.9 Å². The predicted octanol–water partition coefficient (Wildman–Crippen LogP) is 1.84. The van der Waals surface area contributed by atoms with Crippen molar-refractivity contribution in [1.82, 2.24) is 10.2 Å². The standard InChI is InChI=1S/C10H15BrN2O/c1-8-5-13(3-2-12-8)6-10-4-9(11)7-14-10/h4,7-8,12H,2-3,5-6H2,1H3/t8-/m0/s1. The number of furan rings is 1. The quantitative estimate of drug-likeness (QED) is 0.878. The van der Waals surface area contributed by atoms with Gasteiger partial charge in [-0.1, -0.05) is 0 Å². The van der Waals surface area contributed by atoms with E-state index in [0.717, 1.165) is 36.4 Å². The Kier molecular flexibility index (Phi) is 3.26. The second-order valence-electron chi connectivity index (χ2n) is 3.82. The van der Waals surface area contributed by atoms with E-state index in [9.17, 15) is 0 Å². The van der Waals surface area contributed by atoms with Gasteiger partial charge in [-0.2, -0.15) is 0 Å². The molecule has 0 radical (unpaired) electrons. The summed E-state index contributed by atoms with van der Waals surface area (Å²) in [7, 11) is 0. The maximum Gasteiger partial charge on any atom is 0.118 e. The fourth-order valence-corrected chi connectivity index (χ4v) is 2.16. The lowest BCUT2D eigenvalue weighted by atomic mass is 10.2. The van der Waals surface area contributed by atoms with Crippen molar-refractivity contribution in [2.75, 3.05) is 19.6 Å². The third kappa shape index (κ3) is 2.59. The van der Waals surface area contributed by atoms with Gasteiger partial charge in [0.25, 0.3) is 0 Å². The third-order valence-electron chi connectivity index (χ3n) is 2.45. The molecule has 0 aliphatic carbocycles. The normalized spacial score (nSPS) is 24.0. The SMILES string of the molecule is C[C@H]1CN(Cc2cc(Br)co2)CCN1. The minimum absolute atomic E-state index is 0.585. The fraction of sp³-hybridized carbons (Fsp3) is 0.600. The zero-order chi connectivity index (χ0) is 9.97. The van der Waals surface area contributed by atoms with Crippen molar-refractivity contribution < 1.29 is 4.42 Å². The maximum atomic E-state index is 5.39. The maximum absolute atomic E-state index is 5.39. The number of rotatable bonds is 2. The van der Waals surface area contributed by atoms with Crippen molar-refractivity contribution in [3.63, 3.8) is 0 Å². The fourth-order valence-electron chi connectivity index (χ4n) is 1.81. The second-order valence-corrected chi connectivity index (χ2v) is 4.74. The van der Waals surface area contributed by atoms with E-state index in [1.165, 1.54) is 0 Å². The van der Waals surface area contributed by atoms with Crippen LogP contribution < -0.4 is 5.32 Å². The van der Waals surface area contributed by atoms with E-state index in [-0.39, 0.29) is 0 Å². The van der Waals surface area contributed by atoms with Crippen LogP contribution in [0, 0.1) is 0 Å². The Morgan fingerprint density at radius 2 is 2.57 bits per heavy atom. The van der Waals surface area contributed by atoms with Crippen LogP contribution in [0.4, 0.5) is 0 Å². The first-order chi connectivity index (χ1) is 6.74. The first kappa shape index (κ1) is 10.2. The van der Waals surface area contributed by atoms with Gasteiger partial charge in [0.15, 0.2) is 0 Å². The zero-order valence-electron chi connectivity index (χ0n) is 8.29. The Morgan fingerprint density at radius 1 is 1.71 bits per heavy atom. The van der Waals surface area contributed by atoms with E-state index >= 15 is 0 Å². The second kappa shape index (κ2) is 4.47. The van der Waals surface area contributed by atoms with Gasteiger partial charge in [-0.05, 0) is 28.9 Å². The van der Waals surface area contributed by atoms with Gasteiger partial charge < -0.3 is 9.73 Å². The first-order valence-corrected chi connectivity index (χ1v) is 5.72. The first-order valence-electron chi connectivity index (χ1n) is 4.92. The summed E-state index contributed by atoms with van der Waals surface area (Å²) in [5.41, 5.74) is 0. The van der Waals surface area contributed by atoms with Gasteiger partial charge in [-0.3, -0.25) is 4.90 Å². The van der Waals surface area contributed by atoms with Gasteiger partial charge in [0.05, 0.1) is 11.0 Å². The summed E-state index contributed by atoms with van der Waals surface area (Å²) in [5, 5.41) is 3.42. The average molecular weight is 259 g/mol. The Bertz CT molecular complexity index is 300. The lowest BCUT2D eigenvalue weighted by Gasteiger charge is -2.30. The monoisotopic (exact) mass is 258 g/mol. The molecule has 14 heavy (non-hydrogen) atoms. The van der Waals surface area contributed by atoms with Gasteiger partial charge in [-0.25, -0.2) is 0 Å². The number of hydrogen-bond acceptors (Lipinski definition) is 3. The molecule has 1 aromatic heterocycles. The highest BCUT2D eigenvalue weighted by Crippen LogP contribution is 2.16. The van der Waals surface area contributed by atoms with Crippen LogP contribution in [0.5, 0.6) is 0 Å². The molecule has 1 aliphatic rings. The molecule has 1 N–H and O–H groups in total. The van der Waals surface area contributed by atoms with Gasteiger partial charge in [-0.15, -0.1) is 0 Å². The number of piperazine rings is 1. The molecule has 0 aromatic carbocycles. The molecule has 1 aliphatic heterocycles. The molecular weight excluding hydrogens is 244 g/mol. The summed E-state index contributed by atoms with van der Waals surface area (Å²) >= 11 is 3.38. The van der Waals surface area contributed by atoms with Crippen LogP contribution in [-0.4, -0.2) is 30.6 Å². The molecule has 2 heterocycles. The van der Waals surface area contributed by atoms with E-state index in [0.29, 0.717) is 6.04 Å². The minimum Gasteiger partial charge on any atom is -0.467 e. The lowest BCUT2D eigenvalue weighted by molar-refractivity contribution is 0.186. The molecule has 2 rings (SSSR count). The molecule has 78 valence electrons. The number of halogens is 1. The molecule has 1 saturated heterocycles. The van der Waals surface area contributed by atoms with Gasteiger partial charge in [0.2, 0.25) is 0 Å². The Balaban J connectivity index is 1.90. The van der Waals surface area contributed by atoms with Gasteiger partial charge in [0, 0.05) is 25.7 Å². The molecule has 0 saturated carbocycles. The van der Waals surface area contributed by atoms with Crippen LogP contribution in [0.1, 0.15) is 12.7 Å². The van der Waals surface area contributed by atoms with Gasteiger partial charge >= 0.3 is 0 Å². The Labute approximate surface area is 92.6 Å². The van der Waals surface area contributed by atoms with Crippen molar-refractivity contribution in [3.8, 4) is 0 Å². The molecule has 4 heteroatoms. The molecule has 1 atom stereocenters. The number of nitrogens with one attached hydrogen (secondary N) is 1. The van der Waals surface area contributed by atoms with Crippen LogP contribution >= 0.6 is 15.9 Å². The summed E-state index contributed by atoms with van der Waals surface area (Å²) in [6.45, 7) is 6.39. The summed E-state index contributed by atoms with van der Waals surface area (Å²) < 4.78 is 6.42. The third-order valence-corrected chi connectivity index (χ3v) is 2.87. The largest absolute Gasteiger partial charge is 0.467 e. The molecule has 3 nitrogen and oxygen atoms in total. The molecule has 1 fully saturated rings. The molecular formula is C10H15BrN2O. The Morgan fingerprint density at radius 3 is 3.21 bits per heavy atom. The molecule has 0 amide bonds. The highest BCUT2D eigenvalue weighted by molar-refractivity contribution is 9.10. The highest BCUT2D eigenvalue weighted by Gasteiger charge is 2.16. The lowest BCUT2D eigenvalue weighted by Crippen LogP contribution is -2.48. The van der Waals surface area contributed by atoms with E-state index in [2.05, 4.69) is 33.1 Å². The van der Waals surface area contributed by atoms with Crippen LogP contribution in [0.15, 0.2) is 21.2 Å². The highest BCUT2D eigenvalue weighted by atomic mass is 79.9. The molecule has 0 bridgehead atoms. The van der Waals surface area contributed by atoms with E-state index in [4.69, 9.17) is 4.42 Å². The predicted molar refractivity (Wildman–Crippen MR) is 59.1 cm³/mol. The minimum atomic E-state index is 0.585. The Hall–Kier alpha value is -0.320. The van der Waals surface area contributed by atoms with Crippen LogP contribution in [0.3, 0.4) is 0 Å². The summed E-state index contributed by atoms with van der Waals surface area (Å²) in [6.07, 6.45) is 1.74. The number of nitrogens with zero attached hydrogens (tertiary/aromatic N) is 1. The molecule has 1 aromatic rings.